The monoisotopic (exact) mass is 401 g/mol. The summed E-state index contributed by atoms with van der Waals surface area (Å²) in [4.78, 5) is 24.0. The van der Waals surface area contributed by atoms with Crippen LogP contribution in [-0.4, -0.2) is 43.6 Å². The number of hydrogen-bond donors (Lipinski definition) is 1. The minimum atomic E-state index is -5.18. The zero-order valence-corrected chi connectivity index (χ0v) is 16.2. The van der Waals surface area contributed by atoms with Gasteiger partial charge in [-0.15, -0.1) is 0 Å². The first-order valence-electron chi connectivity index (χ1n) is 8.14. The Bertz CT molecular complexity index is 757. The van der Waals surface area contributed by atoms with Gasteiger partial charge in [0.25, 0.3) is 0 Å². The van der Waals surface area contributed by atoms with Crippen LogP contribution in [0.25, 0.3) is 0 Å². The number of ether oxygens (including phenoxy) is 3. The van der Waals surface area contributed by atoms with Crippen molar-refractivity contribution in [2.75, 3.05) is 14.2 Å². The maximum Gasteiger partial charge on any atom is 0.423 e. The van der Waals surface area contributed by atoms with Crippen LogP contribution in [0.3, 0.4) is 0 Å². The molecule has 28 heavy (non-hydrogen) atoms. The molecule has 1 rings (SSSR count). The van der Waals surface area contributed by atoms with Crippen molar-refractivity contribution >= 4 is 12.1 Å². The van der Waals surface area contributed by atoms with Crippen LogP contribution in [0, 0.1) is 11.8 Å². The molecule has 1 atom stereocenters. The zero-order valence-electron chi connectivity index (χ0n) is 16.2. The number of esters is 1. The number of alkyl carbamates (subject to hydrolysis) is 1. The first-order valence-corrected chi connectivity index (χ1v) is 8.14. The van der Waals surface area contributed by atoms with E-state index in [1.165, 1.54) is 27.9 Å². The van der Waals surface area contributed by atoms with E-state index in [-0.39, 0.29) is 0 Å². The van der Waals surface area contributed by atoms with E-state index in [1.807, 2.05) is 0 Å². The van der Waals surface area contributed by atoms with Crippen LogP contribution in [0.5, 0.6) is 5.75 Å². The maximum atomic E-state index is 13.8. The summed E-state index contributed by atoms with van der Waals surface area (Å²) in [5.41, 5.74) is -4.03. The lowest BCUT2D eigenvalue weighted by Crippen LogP contribution is -2.64. The molecule has 0 aliphatic carbocycles. The van der Waals surface area contributed by atoms with E-state index in [9.17, 15) is 22.8 Å². The summed E-state index contributed by atoms with van der Waals surface area (Å²) in [6, 6.07) is 6.25. The highest BCUT2D eigenvalue weighted by Crippen LogP contribution is 2.34. The van der Waals surface area contributed by atoms with Crippen molar-refractivity contribution in [1.82, 2.24) is 5.32 Å². The fourth-order valence-electron chi connectivity index (χ4n) is 2.06. The number of carbonyl (C=O) groups is 2. The number of hydrogen-bond acceptors (Lipinski definition) is 5. The van der Waals surface area contributed by atoms with Crippen LogP contribution in [-0.2, 0) is 14.3 Å². The van der Waals surface area contributed by atoms with Crippen molar-refractivity contribution in [3.63, 3.8) is 0 Å². The molecule has 6 nitrogen and oxygen atoms in total. The van der Waals surface area contributed by atoms with Gasteiger partial charge < -0.3 is 14.2 Å². The normalized spacial score (nSPS) is 13.4. The molecular weight excluding hydrogens is 379 g/mol. The third-order valence-electron chi connectivity index (χ3n) is 3.41. The minimum Gasteiger partial charge on any atom is -0.497 e. The van der Waals surface area contributed by atoms with Gasteiger partial charge in [-0.1, -0.05) is 11.8 Å². The SMILES string of the molecule is COC(=O)C(CC#Cc1ccc(OC)cc1)(NC(=O)OC(C)(C)C)C(F)(F)F. The summed E-state index contributed by atoms with van der Waals surface area (Å²) < 4.78 is 55.5. The maximum absolute atomic E-state index is 13.8. The molecule has 0 bridgehead atoms. The van der Waals surface area contributed by atoms with E-state index in [0.29, 0.717) is 11.3 Å². The number of methoxy groups -OCH3 is 2. The highest BCUT2D eigenvalue weighted by molar-refractivity contribution is 5.87. The number of carbonyl (C=O) groups excluding carboxylic acids is 2. The zero-order chi connectivity index (χ0) is 21.6. The molecule has 1 unspecified atom stereocenters. The summed E-state index contributed by atoms with van der Waals surface area (Å²) in [6.07, 6.45) is -7.65. The molecule has 9 heteroatoms. The molecule has 0 aliphatic rings. The Hall–Kier alpha value is -2.89. The van der Waals surface area contributed by atoms with E-state index < -0.39 is 35.8 Å². The quantitative estimate of drug-likeness (QED) is 0.618. The molecule has 0 saturated carbocycles. The number of benzene rings is 1. The third-order valence-corrected chi connectivity index (χ3v) is 3.41. The van der Waals surface area contributed by atoms with Gasteiger partial charge in [0.2, 0.25) is 5.54 Å². The second kappa shape index (κ2) is 8.87. The predicted molar refractivity (Wildman–Crippen MR) is 94.7 cm³/mol. The predicted octanol–water partition coefficient (Wildman–Crippen LogP) is 3.44. The Morgan fingerprint density at radius 1 is 1.07 bits per heavy atom. The molecule has 1 aromatic rings. The van der Waals surface area contributed by atoms with Gasteiger partial charge in [-0.3, -0.25) is 5.32 Å². The molecule has 154 valence electrons. The largest absolute Gasteiger partial charge is 0.497 e. The van der Waals surface area contributed by atoms with Crippen molar-refractivity contribution in [3.8, 4) is 17.6 Å². The number of amides is 1. The van der Waals surface area contributed by atoms with Crippen molar-refractivity contribution < 1.29 is 37.0 Å². The first kappa shape index (κ1) is 23.1. The molecule has 0 saturated heterocycles. The average molecular weight is 401 g/mol. The number of nitrogens with one attached hydrogen (secondary N) is 1. The van der Waals surface area contributed by atoms with Crippen LogP contribution < -0.4 is 10.1 Å². The van der Waals surface area contributed by atoms with Gasteiger partial charge in [0.05, 0.1) is 20.6 Å². The van der Waals surface area contributed by atoms with Crippen molar-refractivity contribution in [3.05, 3.63) is 29.8 Å². The molecule has 1 N–H and O–H groups in total. The van der Waals surface area contributed by atoms with Crippen molar-refractivity contribution in [1.29, 1.82) is 0 Å². The van der Waals surface area contributed by atoms with Gasteiger partial charge in [-0.05, 0) is 45.0 Å². The van der Waals surface area contributed by atoms with Gasteiger partial charge in [0.15, 0.2) is 0 Å². The molecule has 0 radical (unpaired) electrons. The van der Waals surface area contributed by atoms with Crippen molar-refractivity contribution in [2.24, 2.45) is 0 Å². The lowest BCUT2D eigenvalue weighted by Gasteiger charge is -2.33. The van der Waals surface area contributed by atoms with Crippen LogP contribution in [0.4, 0.5) is 18.0 Å². The summed E-state index contributed by atoms with van der Waals surface area (Å²) in [6.45, 7) is 4.43. The Morgan fingerprint density at radius 3 is 2.07 bits per heavy atom. The number of alkyl halides is 3. The standard InChI is InChI=1S/C19H22F3NO5/c1-17(2,3)28-16(25)23-18(15(24)27-5,19(20,21)22)12-6-7-13-8-10-14(26-4)11-9-13/h8-11H,12H2,1-5H3,(H,23,25). The third kappa shape index (κ3) is 6.08. The van der Waals surface area contributed by atoms with Gasteiger partial charge >= 0.3 is 18.2 Å². The summed E-state index contributed by atoms with van der Waals surface area (Å²) in [5.74, 6) is 3.66. The summed E-state index contributed by atoms with van der Waals surface area (Å²) >= 11 is 0. The number of halogens is 3. The molecule has 0 aromatic heterocycles. The van der Waals surface area contributed by atoms with E-state index in [2.05, 4.69) is 16.6 Å². The van der Waals surface area contributed by atoms with Crippen LogP contribution in [0.1, 0.15) is 32.8 Å². The topological polar surface area (TPSA) is 73.9 Å². The van der Waals surface area contributed by atoms with Crippen molar-refractivity contribution in [2.45, 2.75) is 44.5 Å². The van der Waals surface area contributed by atoms with Gasteiger partial charge in [0.1, 0.15) is 11.4 Å². The van der Waals surface area contributed by atoms with Gasteiger partial charge in [-0.25, -0.2) is 9.59 Å². The fourth-order valence-corrected chi connectivity index (χ4v) is 2.06. The number of rotatable bonds is 4. The summed E-state index contributed by atoms with van der Waals surface area (Å²) in [7, 11) is 2.26. The molecular formula is C19H22F3NO5. The molecule has 0 heterocycles. The van der Waals surface area contributed by atoms with Gasteiger partial charge in [0, 0.05) is 5.56 Å². The Kier molecular flexibility index (Phi) is 7.33. The highest BCUT2D eigenvalue weighted by Gasteiger charge is 2.62. The minimum absolute atomic E-state index is 0.402. The molecule has 1 aromatic carbocycles. The van der Waals surface area contributed by atoms with E-state index in [0.717, 1.165) is 7.11 Å². The Labute approximate surface area is 161 Å². The summed E-state index contributed by atoms with van der Waals surface area (Å²) in [5, 5.41) is 1.60. The second-order valence-electron chi connectivity index (χ2n) is 6.73. The average Bonchev–Trinajstić information content (AvgIpc) is 2.58. The lowest BCUT2D eigenvalue weighted by molar-refractivity contribution is -0.209. The lowest BCUT2D eigenvalue weighted by atomic mass is 9.94. The smallest absolute Gasteiger partial charge is 0.423 e. The Morgan fingerprint density at radius 2 is 1.64 bits per heavy atom. The van der Waals surface area contributed by atoms with Crippen LogP contribution in [0.2, 0.25) is 0 Å². The van der Waals surface area contributed by atoms with E-state index >= 15 is 0 Å². The Balaban J connectivity index is 3.21. The molecule has 0 fully saturated rings. The first-order chi connectivity index (χ1) is 12.8. The van der Waals surface area contributed by atoms with Crippen LogP contribution >= 0.6 is 0 Å². The molecule has 0 spiro atoms. The second-order valence-corrected chi connectivity index (χ2v) is 6.73. The highest BCUT2D eigenvalue weighted by atomic mass is 19.4. The fraction of sp³-hybridized carbons (Fsp3) is 0.474. The van der Waals surface area contributed by atoms with E-state index in [1.54, 1.807) is 29.6 Å². The molecule has 1 amide bonds. The van der Waals surface area contributed by atoms with Gasteiger partial charge in [-0.2, -0.15) is 13.2 Å². The molecule has 0 aliphatic heterocycles. The van der Waals surface area contributed by atoms with Crippen LogP contribution in [0.15, 0.2) is 24.3 Å². The van der Waals surface area contributed by atoms with E-state index in [4.69, 9.17) is 9.47 Å².